The number of likely N-dealkylation sites (N-methyl/N-ethyl adjacent to an activating group) is 1. The number of ether oxygens (including phenoxy) is 1. The van der Waals surface area contributed by atoms with E-state index in [1.807, 2.05) is 49.0 Å². The average Bonchev–Trinajstić information content (AvgIpc) is 3.36. The molecule has 238 valence electrons. The van der Waals surface area contributed by atoms with Crippen LogP contribution in [0.1, 0.15) is 25.0 Å². The first kappa shape index (κ1) is 32.2. The van der Waals surface area contributed by atoms with E-state index in [9.17, 15) is 23.1 Å². The number of aromatic nitrogens is 1. The van der Waals surface area contributed by atoms with Crippen LogP contribution in [0, 0.1) is 5.92 Å². The van der Waals surface area contributed by atoms with Gasteiger partial charge in [-0.15, -0.1) is 0 Å². The molecule has 0 bridgehead atoms. The van der Waals surface area contributed by atoms with Crippen molar-refractivity contribution in [2.75, 3.05) is 32.1 Å². The summed E-state index contributed by atoms with van der Waals surface area (Å²) in [4.78, 5) is 28.5. The molecule has 0 unspecified atom stereocenters. The molecule has 10 nitrogen and oxygen atoms in total. The second-order valence-corrected chi connectivity index (χ2v) is 13.9. The Labute approximate surface area is 264 Å². The molecule has 3 atom stereocenters. The number of aliphatic hydroxyl groups is 1. The molecule has 5 rings (SSSR count). The number of hydrogen-bond donors (Lipinski definition) is 2. The van der Waals surface area contributed by atoms with Crippen molar-refractivity contribution in [3.63, 3.8) is 0 Å². The summed E-state index contributed by atoms with van der Waals surface area (Å²) in [5, 5.41) is 13.9. The Bertz CT molecular complexity index is 1790. The molecule has 0 aliphatic carbocycles. The van der Waals surface area contributed by atoms with Crippen molar-refractivity contribution >= 4 is 38.4 Å². The van der Waals surface area contributed by atoms with Gasteiger partial charge in [-0.2, -0.15) is 4.31 Å². The Morgan fingerprint density at radius 1 is 1.11 bits per heavy atom. The molecule has 0 radical (unpaired) electrons. The zero-order valence-electron chi connectivity index (χ0n) is 26.0. The van der Waals surface area contributed by atoms with Crippen LogP contribution in [0.15, 0.2) is 83.9 Å². The van der Waals surface area contributed by atoms with E-state index < -0.39 is 22.2 Å². The summed E-state index contributed by atoms with van der Waals surface area (Å²) in [6, 6.07) is 20.8. The van der Waals surface area contributed by atoms with Crippen molar-refractivity contribution in [3.8, 4) is 5.75 Å². The van der Waals surface area contributed by atoms with E-state index in [1.165, 1.54) is 11.4 Å². The van der Waals surface area contributed by atoms with E-state index in [0.29, 0.717) is 17.0 Å². The van der Waals surface area contributed by atoms with Crippen LogP contribution in [-0.2, 0) is 39.5 Å². The smallest absolute Gasteiger partial charge is 0.242 e. The van der Waals surface area contributed by atoms with Crippen LogP contribution in [-0.4, -0.2) is 78.0 Å². The Balaban J connectivity index is 1.41. The molecule has 4 aromatic rings. The second kappa shape index (κ2) is 13.4. The van der Waals surface area contributed by atoms with E-state index in [4.69, 9.17) is 4.74 Å². The number of carbonyl (C=O) groups is 2. The summed E-state index contributed by atoms with van der Waals surface area (Å²) in [5.41, 5.74) is 3.03. The summed E-state index contributed by atoms with van der Waals surface area (Å²) < 4.78 is 36.4. The zero-order valence-corrected chi connectivity index (χ0v) is 26.8. The van der Waals surface area contributed by atoms with Crippen molar-refractivity contribution in [1.82, 2.24) is 13.8 Å². The molecule has 0 saturated carbocycles. The number of carbonyl (C=O) groups excluding carboxylic acids is 2. The van der Waals surface area contributed by atoms with Crippen molar-refractivity contribution in [2.45, 2.75) is 43.7 Å². The van der Waals surface area contributed by atoms with E-state index in [2.05, 4.69) is 5.32 Å². The third kappa shape index (κ3) is 7.06. The number of anilines is 1. The molecular weight excluding hydrogens is 592 g/mol. The number of aliphatic hydroxyl groups excluding tert-OH is 1. The molecule has 0 saturated heterocycles. The first-order chi connectivity index (χ1) is 21.5. The fourth-order valence-electron chi connectivity index (χ4n) is 5.79. The molecular formula is C34H40N4O6S. The maximum absolute atomic E-state index is 13.6. The predicted octanol–water partition coefficient (Wildman–Crippen LogP) is 3.83. The normalized spacial score (nSPS) is 18.1. The number of fused-ring (bicyclic) bond motifs is 2. The van der Waals surface area contributed by atoms with Gasteiger partial charge in [-0.3, -0.25) is 9.59 Å². The maximum Gasteiger partial charge on any atom is 0.242 e. The molecule has 2 N–H and O–H groups in total. The predicted molar refractivity (Wildman–Crippen MR) is 173 cm³/mol. The van der Waals surface area contributed by atoms with Gasteiger partial charge in [0.2, 0.25) is 21.8 Å². The van der Waals surface area contributed by atoms with Gasteiger partial charge in [0.25, 0.3) is 0 Å². The van der Waals surface area contributed by atoms with Crippen molar-refractivity contribution in [3.05, 3.63) is 90.1 Å². The summed E-state index contributed by atoms with van der Waals surface area (Å²) in [6.07, 6.45) is 1.51. The number of nitrogens with zero attached hydrogens (tertiary/aromatic N) is 3. The van der Waals surface area contributed by atoms with Gasteiger partial charge in [-0.05, 0) is 48.9 Å². The lowest BCUT2D eigenvalue weighted by atomic mass is 10.0. The van der Waals surface area contributed by atoms with Crippen molar-refractivity contribution in [1.29, 1.82) is 0 Å². The van der Waals surface area contributed by atoms with Crippen LogP contribution < -0.4 is 10.1 Å². The van der Waals surface area contributed by atoms with Gasteiger partial charge in [-0.25, -0.2) is 8.42 Å². The first-order valence-corrected chi connectivity index (χ1v) is 16.5. The molecule has 2 heterocycles. The van der Waals surface area contributed by atoms with E-state index in [1.54, 1.807) is 60.4 Å². The van der Waals surface area contributed by atoms with Gasteiger partial charge < -0.3 is 24.6 Å². The van der Waals surface area contributed by atoms with E-state index >= 15 is 0 Å². The molecule has 45 heavy (non-hydrogen) atoms. The average molecular weight is 633 g/mol. The lowest BCUT2D eigenvalue weighted by Crippen LogP contribution is -2.48. The molecule has 1 aliphatic heterocycles. The fourth-order valence-corrected chi connectivity index (χ4v) is 7.00. The zero-order chi connectivity index (χ0) is 32.3. The molecule has 11 heteroatoms. The molecule has 1 aromatic heterocycles. The number of sulfonamides is 1. The third-order valence-corrected chi connectivity index (χ3v) is 10.3. The first-order valence-electron chi connectivity index (χ1n) is 15.0. The number of nitrogens with one attached hydrogen (secondary N) is 1. The van der Waals surface area contributed by atoms with Crippen LogP contribution >= 0.6 is 0 Å². The molecule has 3 aromatic carbocycles. The highest BCUT2D eigenvalue weighted by molar-refractivity contribution is 7.89. The minimum absolute atomic E-state index is 0.00962. The summed E-state index contributed by atoms with van der Waals surface area (Å²) in [7, 11) is -0.329. The van der Waals surface area contributed by atoms with Crippen LogP contribution in [0.5, 0.6) is 5.75 Å². The highest BCUT2D eigenvalue weighted by atomic mass is 32.2. The van der Waals surface area contributed by atoms with Crippen LogP contribution in [0.3, 0.4) is 0 Å². The summed E-state index contributed by atoms with van der Waals surface area (Å²) >= 11 is 0. The number of rotatable bonds is 9. The van der Waals surface area contributed by atoms with Crippen LogP contribution in [0.4, 0.5) is 5.69 Å². The Morgan fingerprint density at radius 3 is 2.56 bits per heavy atom. The van der Waals surface area contributed by atoms with E-state index in [0.717, 1.165) is 16.5 Å². The molecule has 0 fully saturated rings. The topological polar surface area (TPSA) is 121 Å². The lowest BCUT2D eigenvalue weighted by molar-refractivity contribution is -0.134. The highest BCUT2D eigenvalue weighted by Crippen LogP contribution is 2.30. The van der Waals surface area contributed by atoms with E-state index in [-0.39, 0.29) is 55.2 Å². The lowest BCUT2D eigenvalue weighted by Gasteiger charge is -2.33. The number of aryl methyl sites for hydroxylation is 1. The Hall–Kier alpha value is -4.19. The Morgan fingerprint density at radius 2 is 1.82 bits per heavy atom. The van der Waals surface area contributed by atoms with Crippen molar-refractivity contribution < 1.29 is 27.9 Å². The second-order valence-electron chi connectivity index (χ2n) is 11.8. The number of hydrogen-bond acceptors (Lipinski definition) is 6. The number of benzene rings is 3. The largest absolute Gasteiger partial charge is 0.488 e. The monoisotopic (exact) mass is 632 g/mol. The minimum atomic E-state index is -3.79. The highest BCUT2D eigenvalue weighted by Gasteiger charge is 2.33. The SMILES string of the molecule is C[C@@H]1CN([C@H](C)CO)C(=O)Cc2cc(NC(=O)Cc3cn(C)c4ccccc34)ccc2O[C@@H]1CN(C)S(=O)(=O)c1ccccc1. The molecule has 1 aliphatic rings. The maximum atomic E-state index is 13.6. The standard InChI is InChI=1S/C34H40N4O6S/c1-23-19-38(24(2)22-39)34(41)18-25-16-27(35-33(40)17-26-20-36(3)30-13-9-8-12-29(26)30)14-15-31(25)44-32(23)21-37(4)45(42,43)28-10-6-5-7-11-28/h5-16,20,23-24,32,39H,17-19,21-22H2,1-4H3,(H,35,40)/t23-,24-,32-/m1/s1. The third-order valence-electron chi connectivity index (χ3n) is 8.42. The van der Waals surface area contributed by atoms with Crippen LogP contribution in [0.25, 0.3) is 10.9 Å². The van der Waals surface area contributed by atoms with Gasteiger partial charge in [-0.1, -0.05) is 43.3 Å². The summed E-state index contributed by atoms with van der Waals surface area (Å²) in [5.74, 6) is -0.228. The van der Waals surface area contributed by atoms with Gasteiger partial charge in [0.15, 0.2) is 0 Å². The van der Waals surface area contributed by atoms with Crippen LogP contribution in [0.2, 0.25) is 0 Å². The fraction of sp³-hybridized carbons (Fsp3) is 0.353. The minimum Gasteiger partial charge on any atom is -0.488 e. The summed E-state index contributed by atoms with van der Waals surface area (Å²) in [6.45, 7) is 3.77. The quantitative estimate of drug-likeness (QED) is 0.290. The van der Waals surface area contributed by atoms with Gasteiger partial charge >= 0.3 is 0 Å². The number of amides is 2. The van der Waals surface area contributed by atoms with Gasteiger partial charge in [0.05, 0.1) is 36.9 Å². The Kier molecular flexibility index (Phi) is 9.62. The van der Waals surface area contributed by atoms with Crippen molar-refractivity contribution in [2.24, 2.45) is 13.0 Å². The number of para-hydroxylation sites is 1. The van der Waals surface area contributed by atoms with Gasteiger partial charge in [0.1, 0.15) is 11.9 Å². The van der Waals surface area contributed by atoms with Gasteiger partial charge in [0, 0.05) is 54.9 Å². The molecule has 0 spiro atoms. The molecule has 2 amide bonds.